The number of amides is 1. The van der Waals surface area contributed by atoms with Gasteiger partial charge < -0.3 is 15.5 Å². The topological polar surface area (TPSA) is 165 Å². The van der Waals surface area contributed by atoms with Crippen LogP contribution in [0.3, 0.4) is 0 Å². The molecule has 1 aliphatic heterocycles. The molecule has 0 radical (unpaired) electrons. The Morgan fingerprint density at radius 2 is 1.74 bits per heavy atom. The predicted octanol–water partition coefficient (Wildman–Crippen LogP) is 4.22. The second-order valence-corrected chi connectivity index (χ2v) is 13.2. The molecule has 0 bridgehead atoms. The van der Waals surface area contributed by atoms with E-state index in [1.807, 2.05) is 43.0 Å². The van der Waals surface area contributed by atoms with Gasteiger partial charge in [0.05, 0.1) is 33.8 Å². The van der Waals surface area contributed by atoms with Gasteiger partial charge in [0.15, 0.2) is 5.78 Å². The summed E-state index contributed by atoms with van der Waals surface area (Å²) < 4.78 is 23.0. The first-order valence-electron chi connectivity index (χ1n) is 13.8. The summed E-state index contributed by atoms with van der Waals surface area (Å²) in [5.74, 6) is -0.321. The standard InChI is InChI=1S/C31H33N5O6S/c1-31(2)17-25-29(27(37)18-31)30(21-9-11-22(12-10-21)36(39)40)35(26-6-4-3-5-24(26)34-25)19-28(38)33-16-15-20-7-13-23(14-8-20)43(32,41)42/h3-14,30,34H,15-19H2,1-2H3,(H,33,38)(H2,32,41,42). The predicted molar refractivity (Wildman–Crippen MR) is 163 cm³/mol. The van der Waals surface area contributed by atoms with Gasteiger partial charge >= 0.3 is 0 Å². The molecule has 1 atom stereocenters. The average molecular weight is 604 g/mol. The fourth-order valence-corrected chi connectivity index (χ4v) is 6.27. The maximum absolute atomic E-state index is 13.8. The Bertz CT molecular complexity index is 1720. The quantitative estimate of drug-likeness (QED) is 0.254. The lowest BCUT2D eigenvalue weighted by molar-refractivity contribution is -0.384. The number of fused-ring (bicyclic) bond motifs is 1. The van der Waals surface area contributed by atoms with E-state index in [0.717, 1.165) is 22.6 Å². The first kappa shape index (κ1) is 29.9. The van der Waals surface area contributed by atoms with Gasteiger partial charge in [0.1, 0.15) is 0 Å². The van der Waals surface area contributed by atoms with Gasteiger partial charge in [0.25, 0.3) is 5.69 Å². The highest BCUT2D eigenvalue weighted by Crippen LogP contribution is 2.48. The lowest BCUT2D eigenvalue weighted by Gasteiger charge is -2.37. The van der Waals surface area contributed by atoms with Crippen molar-refractivity contribution in [3.8, 4) is 0 Å². The normalized spacial score (nSPS) is 17.8. The van der Waals surface area contributed by atoms with E-state index in [2.05, 4.69) is 10.6 Å². The number of carbonyl (C=O) groups excluding carboxylic acids is 2. The first-order chi connectivity index (χ1) is 20.3. The Kier molecular flexibility index (Phi) is 8.08. The van der Waals surface area contributed by atoms with Crippen molar-refractivity contribution < 1.29 is 22.9 Å². The fraction of sp³-hybridized carbons (Fsp3) is 0.290. The summed E-state index contributed by atoms with van der Waals surface area (Å²) in [6.07, 6.45) is 1.41. The van der Waals surface area contributed by atoms with Gasteiger partial charge in [-0.3, -0.25) is 19.7 Å². The summed E-state index contributed by atoms with van der Waals surface area (Å²) in [5, 5.41) is 23.0. The molecule has 0 saturated heterocycles. The van der Waals surface area contributed by atoms with Crippen LogP contribution >= 0.6 is 0 Å². The van der Waals surface area contributed by atoms with Crippen molar-refractivity contribution in [3.05, 3.63) is 105 Å². The van der Waals surface area contributed by atoms with Crippen molar-refractivity contribution in [2.75, 3.05) is 23.3 Å². The number of primary sulfonamides is 1. The summed E-state index contributed by atoms with van der Waals surface area (Å²) in [6.45, 7) is 4.30. The number of hydrogen-bond donors (Lipinski definition) is 3. The molecule has 2 aliphatic rings. The van der Waals surface area contributed by atoms with Crippen LogP contribution in [0.25, 0.3) is 0 Å². The van der Waals surface area contributed by atoms with Gasteiger partial charge in [-0.25, -0.2) is 13.6 Å². The van der Waals surface area contributed by atoms with Gasteiger partial charge in [-0.15, -0.1) is 0 Å². The van der Waals surface area contributed by atoms with Crippen LogP contribution in [0.4, 0.5) is 17.1 Å². The van der Waals surface area contributed by atoms with Crippen LogP contribution in [-0.4, -0.2) is 38.1 Å². The molecule has 0 aromatic heterocycles. The van der Waals surface area contributed by atoms with Crippen LogP contribution < -0.4 is 20.7 Å². The molecule has 4 N–H and O–H groups in total. The smallest absolute Gasteiger partial charge is 0.269 e. The highest BCUT2D eigenvalue weighted by Gasteiger charge is 2.42. The molecule has 11 nitrogen and oxygen atoms in total. The zero-order chi connectivity index (χ0) is 30.9. The third-order valence-electron chi connectivity index (χ3n) is 7.73. The number of Topliss-reactive ketones (excluding diaryl/α,β-unsaturated/α-hetero) is 1. The molecule has 0 saturated carbocycles. The van der Waals surface area contributed by atoms with Crippen LogP contribution in [0.15, 0.2) is 89.0 Å². The van der Waals surface area contributed by atoms with Crippen LogP contribution in [0.1, 0.15) is 43.9 Å². The molecule has 224 valence electrons. The SMILES string of the molecule is CC1(C)CC(=O)C2=C(C1)Nc1ccccc1N(CC(=O)NCCc1ccc(S(N)(=O)=O)cc1)C2c1ccc([N+](=O)[O-])cc1. The number of nitro benzene ring substituents is 1. The monoisotopic (exact) mass is 603 g/mol. The first-order valence-corrected chi connectivity index (χ1v) is 15.4. The van der Waals surface area contributed by atoms with Crippen LogP contribution in [0, 0.1) is 15.5 Å². The third-order valence-corrected chi connectivity index (χ3v) is 8.65. The Hall–Kier alpha value is -4.55. The number of nitrogens with zero attached hydrogens (tertiary/aromatic N) is 2. The van der Waals surface area contributed by atoms with Crippen molar-refractivity contribution in [2.24, 2.45) is 10.6 Å². The highest BCUT2D eigenvalue weighted by atomic mass is 32.2. The number of ketones is 1. The maximum atomic E-state index is 13.8. The Labute approximate surface area is 250 Å². The number of sulfonamides is 1. The Morgan fingerprint density at radius 1 is 1.07 bits per heavy atom. The zero-order valence-electron chi connectivity index (χ0n) is 23.9. The number of anilines is 2. The van der Waals surface area contributed by atoms with E-state index >= 15 is 0 Å². The minimum atomic E-state index is -3.79. The summed E-state index contributed by atoms with van der Waals surface area (Å²) >= 11 is 0. The summed E-state index contributed by atoms with van der Waals surface area (Å²) in [6, 6.07) is 19.1. The van der Waals surface area contributed by atoms with Crippen LogP contribution in [0.5, 0.6) is 0 Å². The van der Waals surface area contributed by atoms with E-state index in [1.54, 1.807) is 24.3 Å². The molecule has 3 aromatic rings. The molecule has 12 heteroatoms. The molecule has 0 fully saturated rings. The highest BCUT2D eigenvalue weighted by molar-refractivity contribution is 7.89. The molecule has 3 aromatic carbocycles. The van der Waals surface area contributed by atoms with E-state index < -0.39 is 21.0 Å². The van der Waals surface area contributed by atoms with Crippen molar-refractivity contribution in [2.45, 2.75) is 44.0 Å². The van der Waals surface area contributed by atoms with Gasteiger partial charge in [-0.1, -0.05) is 38.1 Å². The van der Waals surface area contributed by atoms with Crippen LogP contribution in [-0.2, 0) is 26.0 Å². The second-order valence-electron chi connectivity index (χ2n) is 11.6. The number of non-ortho nitro benzene ring substituents is 1. The molecular formula is C31H33N5O6S. The van der Waals surface area contributed by atoms with E-state index in [1.165, 1.54) is 24.3 Å². The van der Waals surface area contributed by atoms with E-state index in [-0.39, 0.29) is 34.2 Å². The number of para-hydroxylation sites is 2. The maximum Gasteiger partial charge on any atom is 0.269 e. The summed E-state index contributed by atoms with van der Waals surface area (Å²) in [7, 11) is -3.79. The molecule has 1 unspecified atom stereocenters. The second kappa shape index (κ2) is 11.6. The van der Waals surface area contributed by atoms with Crippen molar-refractivity contribution in [1.29, 1.82) is 0 Å². The number of hydrogen-bond acceptors (Lipinski definition) is 8. The number of nitro groups is 1. The fourth-order valence-electron chi connectivity index (χ4n) is 5.75. The molecule has 0 spiro atoms. The van der Waals surface area contributed by atoms with E-state index in [0.29, 0.717) is 36.9 Å². The summed E-state index contributed by atoms with van der Waals surface area (Å²) in [4.78, 5) is 40.0. The number of benzene rings is 3. The average Bonchev–Trinajstić information content (AvgIpc) is 3.06. The minimum absolute atomic E-state index is 0.0142. The van der Waals surface area contributed by atoms with Gasteiger partial charge in [-0.2, -0.15) is 0 Å². The largest absolute Gasteiger partial charge is 0.357 e. The van der Waals surface area contributed by atoms with Crippen molar-refractivity contribution >= 4 is 38.8 Å². The molecule has 43 heavy (non-hydrogen) atoms. The van der Waals surface area contributed by atoms with E-state index in [4.69, 9.17) is 5.14 Å². The molecular weight excluding hydrogens is 570 g/mol. The van der Waals surface area contributed by atoms with Crippen LogP contribution in [0.2, 0.25) is 0 Å². The molecule has 1 aliphatic carbocycles. The Balaban J connectivity index is 1.46. The molecule has 5 rings (SSSR count). The zero-order valence-corrected chi connectivity index (χ0v) is 24.7. The van der Waals surface area contributed by atoms with Gasteiger partial charge in [0, 0.05) is 36.4 Å². The number of allylic oxidation sites excluding steroid dienone is 1. The van der Waals surface area contributed by atoms with Crippen molar-refractivity contribution in [1.82, 2.24) is 5.32 Å². The number of nitrogens with two attached hydrogens (primary N) is 1. The summed E-state index contributed by atoms with van der Waals surface area (Å²) in [5.41, 5.74) is 3.96. The van der Waals surface area contributed by atoms with E-state index in [9.17, 15) is 28.1 Å². The number of carbonyl (C=O) groups is 2. The van der Waals surface area contributed by atoms with Gasteiger partial charge in [-0.05, 0) is 65.8 Å². The lowest BCUT2D eigenvalue weighted by atomic mass is 9.73. The lowest BCUT2D eigenvalue weighted by Crippen LogP contribution is -2.42. The third kappa shape index (κ3) is 6.60. The molecule has 1 amide bonds. The molecule has 1 heterocycles. The van der Waals surface area contributed by atoms with Crippen molar-refractivity contribution in [3.63, 3.8) is 0 Å². The Morgan fingerprint density at radius 3 is 2.40 bits per heavy atom. The number of rotatable bonds is 8. The minimum Gasteiger partial charge on any atom is -0.357 e. The number of nitrogens with one attached hydrogen (secondary N) is 2. The van der Waals surface area contributed by atoms with Gasteiger partial charge in [0.2, 0.25) is 15.9 Å².